The van der Waals surface area contributed by atoms with Gasteiger partial charge < -0.3 is 15.5 Å². The summed E-state index contributed by atoms with van der Waals surface area (Å²) in [7, 11) is 4.10. The third-order valence-corrected chi connectivity index (χ3v) is 2.68. The molecule has 0 fully saturated rings. The van der Waals surface area contributed by atoms with Crippen LogP contribution in [-0.2, 0) is 0 Å². The molecular weight excluding hydrogens is 244 g/mol. The largest absolute Gasteiger partial charge is 0.378 e. The lowest BCUT2D eigenvalue weighted by atomic mass is 10.2. The van der Waals surface area contributed by atoms with Gasteiger partial charge in [0.05, 0.1) is 4.92 Å². The number of nitrogens with one attached hydrogen (secondary N) is 2. The molecule has 0 saturated carbocycles. The molecule has 0 unspecified atom stereocenters. The maximum atomic E-state index is 10.8. The number of hydrogen-bond acceptors (Lipinski definition) is 5. The highest BCUT2D eigenvalue weighted by Gasteiger charge is 2.10. The Morgan fingerprint density at radius 2 is 1.95 bits per heavy atom. The van der Waals surface area contributed by atoms with E-state index in [1.54, 1.807) is 18.2 Å². The average molecular weight is 266 g/mol. The summed E-state index contributed by atoms with van der Waals surface area (Å²) < 4.78 is 0. The molecule has 6 nitrogen and oxygen atoms in total. The predicted molar refractivity (Wildman–Crippen MR) is 77.6 cm³/mol. The van der Waals surface area contributed by atoms with Crippen LogP contribution in [0.5, 0.6) is 0 Å². The Hall–Kier alpha value is -1.66. The predicted octanol–water partition coefficient (Wildman–Crippen LogP) is 1.55. The van der Waals surface area contributed by atoms with Crippen LogP contribution < -0.4 is 10.6 Å². The minimum atomic E-state index is -0.368. The van der Waals surface area contributed by atoms with Crippen LogP contribution in [0.25, 0.3) is 0 Å². The van der Waals surface area contributed by atoms with Crippen LogP contribution >= 0.6 is 0 Å². The van der Waals surface area contributed by atoms with Crippen LogP contribution in [0.15, 0.2) is 24.3 Å². The maximum Gasteiger partial charge on any atom is 0.292 e. The molecule has 0 aliphatic heterocycles. The second kappa shape index (κ2) is 8.44. The van der Waals surface area contributed by atoms with E-state index < -0.39 is 0 Å². The molecular formula is C13H22N4O2. The highest BCUT2D eigenvalue weighted by molar-refractivity contribution is 5.60. The summed E-state index contributed by atoms with van der Waals surface area (Å²) in [5.74, 6) is 0. The third-order valence-electron chi connectivity index (χ3n) is 2.68. The van der Waals surface area contributed by atoms with Crippen molar-refractivity contribution in [2.24, 2.45) is 0 Å². The van der Waals surface area contributed by atoms with Crippen LogP contribution in [0.2, 0.25) is 0 Å². The van der Waals surface area contributed by atoms with Crippen molar-refractivity contribution < 1.29 is 4.92 Å². The molecule has 0 radical (unpaired) electrons. The van der Waals surface area contributed by atoms with E-state index in [0.717, 1.165) is 26.1 Å². The summed E-state index contributed by atoms with van der Waals surface area (Å²) in [6, 6.07) is 6.69. The topological polar surface area (TPSA) is 70.4 Å². The summed E-state index contributed by atoms with van der Waals surface area (Å²) in [6.07, 6.45) is 1.10. The normalized spacial score (nSPS) is 10.7. The fourth-order valence-electron chi connectivity index (χ4n) is 1.71. The number of nitro benzene ring substituents is 1. The fourth-order valence-corrected chi connectivity index (χ4v) is 1.71. The zero-order chi connectivity index (χ0) is 14.1. The molecule has 0 aliphatic carbocycles. The maximum absolute atomic E-state index is 10.8. The molecule has 1 aromatic rings. The first-order chi connectivity index (χ1) is 9.11. The lowest BCUT2D eigenvalue weighted by molar-refractivity contribution is -0.384. The number of nitrogens with zero attached hydrogens (tertiary/aromatic N) is 2. The molecule has 0 spiro atoms. The monoisotopic (exact) mass is 266 g/mol. The molecule has 19 heavy (non-hydrogen) atoms. The van der Waals surface area contributed by atoms with Gasteiger partial charge in [0.1, 0.15) is 5.69 Å². The van der Waals surface area contributed by atoms with Gasteiger partial charge in [-0.1, -0.05) is 12.1 Å². The standard InChI is InChI=1S/C13H22N4O2/c1-16(2)11-5-8-14-9-10-15-12-6-3-4-7-13(12)17(18)19/h3-4,6-7,14-15H,5,8-11H2,1-2H3. The second-order valence-electron chi connectivity index (χ2n) is 4.61. The quantitative estimate of drug-likeness (QED) is 0.403. The lowest BCUT2D eigenvalue weighted by Crippen LogP contribution is -2.26. The minimum Gasteiger partial charge on any atom is -0.378 e. The Balaban J connectivity index is 2.21. The van der Waals surface area contributed by atoms with Gasteiger partial charge in [-0.05, 0) is 39.7 Å². The lowest BCUT2D eigenvalue weighted by Gasteiger charge is -2.10. The zero-order valence-electron chi connectivity index (χ0n) is 11.6. The van der Waals surface area contributed by atoms with E-state index >= 15 is 0 Å². The summed E-state index contributed by atoms with van der Waals surface area (Å²) in [5.41, 5.74) is 0.692. The van der Waals surface area contributed by atoms with Crippen molar-refractivity contribution in [3.8, 4) is 0 Å². The molecule has 0 aromatic heterocycles. The highest BCUT2D eigenvalue weighted by Crippen LogP contribution is 2.22. The Morgan fingerprint density at radius 1 is 1.21 bits per heavy atom. The minimum absolute atomic E-state index is 0.120. The van der Waals surface area contributed by atoms with Crippen LogP contribution in [0, 0.1) is 10.1 Å². The van der Waals surface area contributed by atoms with Crippen LogP contribution in [0.3, 0.4) is 0 Å². The van der Waals surface area contributed by atoms with Gasteiger partial charge in [0.15, 0.2) is 0 Å². The number of nitro groups is 1. The van der Waals surface area contributed by atoms with Crippen LogP contribution in [-0.4, -0.2) is 50.1 Å². The van der Waals surface area contributed by atoms with Gasteiger partial charge in [0, 0.05) is 19.2 Å². The van der Waals surface area contributed by atoms with Crippen molar-refractivity contribution in [2.75, 3.05) is 45.6 Å². The van der Waals surface area contributed by atoms with Crippen molar-refractivity contribution in [1.29, 1.82) is 0 Å². The van der Waals surface area contributed by atoms with E-state index in [1.807, 2.05) is 0 Å². The number of anilines is 1. The van der Waals surface area contributed by atoms with Crippen molar-refractivity contribution in [1.82, 2.24) is 10.2 Å². The number of hydrogen-bond donors (Lipinski definition) is 2. The van der Waals surface area contributed by atoms with Crippen LogP contribution in [0.1, 0.15) is 6.42 Å². The first-order valence-electron chi connectivity index (χ1n) is 6.44. The molecule has 2 N–H and O–H groups in total. The summed E-state index contributed by atoms with van der Waals surface area (Å²) in [6.45, 7) is 3.48. The summed E-state index contributed by atoms with van der Waals surface area (Å²) in [4.78, 5) is 12.6. The van der Waals surface area contributed by atoms with Gasteiger partial charge in [-0.25, -0.2) is 0 Å². The highest BCUT2D eigenvalue weighted by atomic mass is 16.6. The molecule has 0 bridgehead atoms. The van der Waals surface area contributed by atoms with E-state index in [4.69, 9.17) is 0 Å². The van der Waals surface area contributed by atoms with Crippen molar-refractivity contribution in [2.45, 2.75) is 6.42 Å². The molecule has 1 aromatic carbocycles. The van der Waals surface area contributed by atoms with Gasteiger partial charge in [0.25, 0.3) is 5.69 Å². The SMILES string of the molecule is CN(C)CCCNCCNc1ccccc1[N+](=O)[O-]. The van der Waals surface area contributed by atoms with Gasteiger partial charge in [0.2, 0.25) is 0 Å². The van der Waals surface area contributed by atoms with Gasteiger partial charge in [-0.15, -0.1) is 0 Å². The molecule has 0 amide bonds. The molecule has 0 heterocycles. The second-order valence-corrected chi connectivity index (χ2v) is 4.61. The zero-order valence-corrected chi connectivity index (χ0v) is 11.6. The Bertz CT molecular complexity index is 396. The van der Waals surface area contributed by atoms with Crippen molar-refractivity contribution in [3.63, 3.8) is 0 Å². The van der Waals surface area contributed by atoms with Crippen molar-refractivity contribution in [3.05, 3.63) is 34.4 Å². The van der Waals surface area contributed by atoms with Gasteiger partial charge >= 0.3 is 0 Å². The smallest absolute Gasteiger partial charge is 0.292 e. The van der Waals surface area contributed by atoms with E-state index in [-0.39, 0.29) is 10.6 Å². The van der Waals surface area contributed by atoms with E-state index in [9.17, 15) is 10.1 Å². The number of benzene rings is 1. The number of para-hydroxylation sites is 2. The third kappa shape index (κ3) is 6.17. The Labute approximate surface area is 113 Å². The van der Waals surface area contributed by atoms with E-state index in [2.05, 4.69) is 29.6 Å². The molecule has 106 valence electrons. The Kier molecular flexibility index (Phi) is 6.84. The Morgan fingerprint density at radius 3 is 2.63 bits per heavy atom. The molecule has 6 heteroatoms. The first kappa shape index (κ1) is 15.4. The van der Waals surface area contributed by atoms with E-state index in [0.29, 0.717) is 12.2 Å². The first-order valence-corrected chi connectivity index (χ1v) is 6.44. The molecule has 1 rings (SSSR count). The summed E-state index contributed by atoms with van der Waals surface area (Å²) in [5, 5.41) is 17.2. The van der Waals surface area contributed by atoms with Crippen molar-refractivity contribution >= 4 is 11.4 Å². The number of rotatable bonds is 9. The fraction of sp³-hybridized carbons (Fsp3) is 0.538. The molecule has 0 saturated heterocycles. The molecule has 0 aliphatic rings. The summed E-state index contributed by atoms with van der Waals surface area (Å²) >= 11 is 0. The van der Waals surface area contributed by atoms with E-state index in [1.165, 1.54) is 6.07 Å². The molecule has 0 atom stereocenters. The van der Waals surface area contributed by atoms with Gasteiger partial charge in [-0.2, -0.15) is 0 Å². The van der Waals surface area contributed by atoms with Crippen LogP contribution in [0.4, 0.5) is 11.4 Å². The average Bonchev–Trinajstić information content (AvgIpc) is 2.37. The van der Waals surface area contributed by atoms with Gasteiger partial charge in [-0.3, -0.25) is 10.1 Å².